The largest absolute Gasteiger partial charge is 0.343 e. The minimum Gasteiger partial charge on any atom is -0.343 e. The zero-order valence-electron chi connectivity index (χ0n) is 8.38. The van der Waals surface area contributed by atoms with E-state index in [1.54, 1.807) is 0 Å². The summed E-state index contributed by atoms with van der Waals surface area (Å²) in [5.74, 6) is -0.581. The molecule has 0 unspecified atom stereocenters. The summed E-state index contributed by atoms with van der Waals surface area (Å²) >= 11 is 3.39. The Bertz CT molecular complexity index is 410. The van der Waals surface area contributed by atoms with E-state index in [9.17, 15) is 4.79 Å². The van der Waals surface area contributed by atoms with Gasteiger partial charge in [-0.15, -0.1) is 0 Å². The highest BCUT2D eigenvalue weighted by Gasteiger charge is 2.01. The summed E-state index contributed by atoms with van der Waals surface area (Å²) in [4.78, 5) is 10.7. The van der Waals surface area contributed by atoms with Crippen molar-refractivity contribution < 1.29 is 4.79 Å². The monoisotopic (exact) mass is 266 g/mol. The summed E-state index contributed by atoms with van der Waals surface area (Å²) in [6.45, 7) is 2.51. The van der Waals surface area contributed by atoms with Gasteiger partial charge in [0.2, 0.25) is 0 Å². The minimum absolute atomic E-state index is 0.490. The number of carbonyl (C=O) groups is 1. The van der Waals surface area contributed by atoms with E-state index < -0.39 is 5.91 Å². The molecule has 0 saturated carbocycles. The number of aryl methyl sites for hydroxylation is 1. The maximum absolute atomic E-state index is 10.7. The smallest absolute Gasteiger partial charge is 0.322 e. The van der Waals surface area contributed by atoms with Gasteiger partial charge in [-0.1, -0.05) is 22.0 Å². The highest BCUT2D eigenvalue weighted by atomic mass is 79.9. The van der Waals surface area contributed by atoms with Crippen molar-refractivity contribution in [3.05, 3.63) is 33.8 Å². The maximum atomic E-state index is 10.7. The molecule has 1 aromatic rings. The van der Waals surface area contributed by atoms with Crippen LogP contribution in [0.15, 0.2) is 22.7 Å². The van der Waals surface area contributed by atoms with Gasteiger partial charge in [-0.05, 0) is 36.6 Å². The van der Waals surface area contributed by atoms with Crippen LogP contribution in [0.25, 0.3) is 0 Å². The average molecular weight is 267 g/mol. The fourth-order valence-electron chi connectivity index (χ4n) is 1.26. The van der Waals surface area contributed by atoms with Crippen LogP contribution in [0.1, 0.15) is 11.1 Å². The first-order valence-corrected chi connectivity index (χ1v) is 5.35. The Morgan fingerprint density at radius 3 is 3.00 bits per heavy atom. The van der Waals surface area contributed by atoms with Crippen LogP contribution in [0.5, 0.6) is 0 Å². The van der Waals surface area contributed by atoms with E-state index in [4.69, 9.17) is 5.26 Å². The molecule has 1 aromatic carbocycles. The molecule has 0 bridgehead atoms. The number of amides is 1. The average Bonchev–Trinajstić information content (AvgIpc) is 2.23. The second-order valence-corrected chi connectivity index (χ2v) is 4.10. The molecule has 0 fully saturated rings. The molecule has 0 saturated heterocycles. The lowest BCUT2D eigenvalue weighted by atomic mass is 10.1. The summed E-state index contributed by atoms with van der Waals surface area (Å²) in [5, 5.41) is 10.8. The highest BCUT2D eigenvalue weighted by Crippen LogP contribution is 2.16. The molecule has 15 heavy (non-hydrogen) atoms. The van der Waals surface area contributed by atoms with Gasteiger partial charge < -0.3 is 5.32 Å². The van der Waals surface area contributed by atoms with Crippen LogP contribution in [0.3, 0.4) is 0 Å². The third-order valence-corrected chi connectivity index (χ3v) is 2.59. The normalized spacial score (nSPS) is 9.40. The minimum atomic E-state index is -0.581. The van der Waals surface area contributed by atoms with Crippen molar-refractivity contribution in [2.45, 2.75) is 13.3 Å². The van der Waals surface area contributed by atoms with Gasteiger partial charge >= 0.3 is 5.91 Å². The zero-order chi connectivity index (χ0) is 11.3. The van der Waals surface area contributed by atoms with Crippen LogP contribution in [-0.2, 0) is 11.2 Å². The number of hydrogen-bond donors (Lipinski definition) is 1. The molecule has 1 amide bonds. The SMILES string of the molecule is Cc1ccc(Br)cc1CCNC(=O)C#N. The first-order valence-electron chi connectivity index (χ1n) is 4.56. The summed E-state index contributed by atoms with van der Waals surface area (Å²) in [5.41, 5.74) is 2.35. The van der Waals surface area contributed by atoms with Gasteiger partial charge in [-0.2, -0.15) is 5.26 Å². The standard InChI is InChI=1S/C11H11BrN2O/c1-8-2-3-10(12)6-9(8)4-5-14-11(15)7-13/h2-3,6H,4-5H2,1H3,(H,14,15). The number of nitriles is 1. The molecule has 0 spiro atoms. The van der Waals surface area contributed by atoms with Crippen LogP contribution < -0.4 is 5.32 Å². The van der Waals surface area contributed by atoms with E-state index in [2.05, 4.69) is 21.2 Å². The molecule has 0 aromatic heterocycles. The summed E-state index contributed by atoms with van der Waals surface area (Å²) in [6, 6.07) is 7.54. The fraction of sp³-hybridized carbons (Fsp3) is 0.273. The Labute approximate surface area is 97.2 Å². The van der Waals surface area contributed by atoms with Gasteiger partial charge in [0, 0.05) is 11.0 Å². The molecule has 1 N–H and O–H groups in total. The Hall–Kier alpha value is -1.34. The van der Waals surface area contributed by atoms with Gasteiger partial charge in [-0.25, -0.2) is 0 Å². The van der Waals surface area contributed by atoms with Crippen molar-refractivity contribution in [1.29, 1.82) is 5.26 Å². The lowest BCUT2D eigenvalue weighted by molar-refractivity contribution is -0.115. The van der Waals surface area contributed by atoms with E-state index in [0.717, 1.165) is 10.9 Å². The van der Waals surface area contributed by atoms with Gasteiger partial charge in [0.1, 0.15) is 0 Å². The molecular formula is C11H11BrN2O. The number of nitrogens with zero attached hydrogens (tertiary/aromatic N) is 1. The van der Waals surface area contributed by atoms with E-state index in [0.29, 0.717) is 6.54 Å². The predicted octanol–water partition coefficient (Wildman–Crippen LogP) is 1.94. The molecule has 0 heterocycles. The number of halogens is 1. The molecule has 0 radical (unpaired) electrons. The van der Waals surface area contributed by atoms with Gasteiger partial charge in [0.05, 0.1) is 0 Å². The van der Waals surface area contributed by atoms with Crippen molar-refractivity contribution in [3.8, 4) is 6.07 Å². The summed E-state index contributed by atoms with van der Waals surface area (Å²) in [6.07, 6.45) is 0.735. The Balaban J connectivity index is 2.54. The van der Waals surface area contributed by atoms with Crippen molar-refractivity contribution in [2.24, 2.45) is 0 Å². The van der Waals surface area contributed by atoms with Gasteiger partial charge in [-0.3, -0.25) is 4.79 Å². The van der Waals surface area contributed by atoms with Crippen LogP contribution in [0.4, 0.5) is 0 Å². The number of carbonyl (C=O) groups excluding carboxylic acids is 1. The second-order valence-electron chi connectivity index (χ2n) is 3.19. The number of benzene rings is 1. The van der Waals surface area contributed by atoms with Crippen molar-refractivity contribution in [3.63, 3.8) is 0 Å². The van der Waals surface area contributed by atoms with Crippen molar-refractivity contribution in [1.82, 2.24) is 5.32 Å². The Kier molecular flexibility index (Phi) is 4.32. The van der Waals surface area contributed by atoms with E-state index in [1.807, 2.05) is 25.1 Å². The van der Waals surface area contributed by atoms with Gasteiger partial charge in [0.25, 0.3) is 0 Å². The third kappa shape index (κ3) is 3.72. The van der Waals surface area contributed by atoms with Crippen molar-refractivity contribution in [2.75, 3.05) is 6.54 Å². The first kappa shape index (κ1) is 11.7. The second kappa shape index (κ2) is 5.52. The zero-order valence-corrected chi connectivity index (χ0v) is 9.97. The summed E-state index contributed by atoms with van der Waals surface area (Å²) < 4.78 is 1.02. The molecule has 1 rings (SSSR count). The van der Waals surface area contributed by atoms with Crippen LogP contribution in [-0.4, -0.2) is 12.5 Å². The first-order chi connectivity index (χ1) is 7.13. The Morgan fingerprint density at radius 1 is 1.60 bits per heavy atom. The Morgan fingerprint density at radius 2 is 2.33 bits per heavy atom. The fourth-order valence-corrected chi connectivity index (χ4v) is 1.67. The molecular weight excluding hydrogens is 256 g/mol. The maximum Gasteiger partial charge on any atom is 0.322 e. The molecule has 3 nitrogen and oxygen atoms in total. The van der Waals surface area contributed by atoms with Crippen LogP contribution in [0, 0.1) is 18.3 Å². The van der Waals surface area contributed by atoms with Crippen molar-refractivity contribution >= 4 is 21.8 Å². The molecule has 0 aliphatic carbocycles. The lowest BCUT2D eigenvalue weighted by Crippen LogP contribution is -2.23. The number of nitrogens with one attached hydrogen (secondary N) is 1. The van der Waals surface area contributed by atoms with E-state index in [-0.39, 0.29) is 0 Å². The number of rotatable bonds is 3. The molecule has 4 heteroatoms. The molecule has 0 atom stereocenters. The topological polar surface area (TPSA) is 52.9 Å². The quantitative estimate of drug-likeness (QED) is 0.851. The summed E-state index contributed by atoms with van der Waals surface area (Å²) in [7, 11) is 0. The van der Waals surface area contributed by atoms with E-state index >= 15 is 0 Å². The molecule has 78 valence electrons. The molecule has 0 aliphatic heterocycles. The molecule has 0 aliphatic rings. The number of hydrogen-bond acceptors (Lipinski definition) is 2. The highest BCUT2D eigenvalue weighted by molar-refractivity contribution is 9.10. The van der Waals surface area contributed by atoms with Crippen LogP contribution >= 0.6 is 15.9 Å². The predicted molar refractivity (Wildman–Crippen MR) is 61.2 cm³/mol. The third-order valence-electron chi connectivity index (χ3n) is 2.09. The lowest BCUT2D eigenvalue weighted by Gasteiger charge is -2.06. The van der Waals surface area contributed by atoms with E-state index in [1.165, 1.54) is 17.2 Å². The van der Waals surface area contributed by atoms with Crippen LogP contribution in [0.2, 0.25) is 0 Å². The van der Waals surface area contributed by atoms with Gasteiger partial charge in [0.15, 0.2) is 6.07 Å².